The minimum atomic E-state index is -1.17. The van der Waals surface area contributed by atoms with Crippen molar-refractivity contribution in [1.29, 1.82) is 0 Å². The molecular formula is C12H16BrNO3. The molecule has 5 heteroatoms. The van der Waals surface area contributed by atoms with Gasteiger partial charge in [-0.15, -0.1) is 0 Å². The highest BCUT2D eigenvalue weighted by molar-refractivity contribution is 9.10. The van der Waals surface area contributed by atoms with E-state index in [0.717, 1.165) is 0 Å². The average Bonchev–Trinajstić information content (AvgIpc) is 2.15. The molecule has 1 atom stereocenters. The molecule has 0 aliphatic heterocycles. The smallest absolute Gasteiger partial charge is 0.339 e. The topological polar surface area (TPSA) is 83.6 Å². The Bertz CT molecular complexity index is 452. The lowest BCUT2D eigenvalue weighted by atomic mass is 9.82. The fourth-order valence-corrected chi connectivity index (χ4v) is 2.05. The van der Waals surface area contributed by atoms with Gasteiger partial charge in [0.2, 0.25) is 0 Å². The molecular weight excluding hydrogens is 286 g/mol. The van der Waals surface area contributed by atoms with Gasteiger partial charge in [-0.05, 0) is 17.5 Å². The lowest BCUT2D eigenvalue weighted by molar-refractivity contribution is 0.0693. The predicted octanol–water partition coefficient (Wildman–Crippen LogP) is 2.90. The first-order valence-electron chi connectivity index (χ1n) is 5.16. The standard InChI is InChI=1S/C12H16BrNO3/c1-12(2,3)10(14)8-7(13)5-4-6(9(8)15)11(16)17/h4-5,10,15H,14H2,1-3H3,(H,16,17)/t10-/m0/s1. The van der Waals surface area contributed by atoms with E-state index in [1.165, 1.54) is 6.07 Å². The van der Waals surface area contributed by atoms with Gasteiger partial charge >= 0.3 is 5.97 Å². The Hall–Kier alpha value is -1.07. The van der Waals surface area contributed by atoms with Gasteiger partial charge in [0, 0.05) is 16.1 Å². The van der Waals surface area contributed by atoms with E-state index in [-0.39, 0.29) is 16.7 Å². The first-order valence-corrected chi connectivity index (χ1v) is 5.95. The molecule has 0 amide bonds. The highest BCUT2D eigenvalue weighted by atomic mass is 79.9. The van der Waals surface area contributed by atoms with Gasteiger partial charge in [0.25, 0.3) is 0 Å². The Morgan fingerprint density at radius 1 is 1.41 bits per heavy atom. The van der Waals surface area contributed by atoms with Crippen molar-refractivity contribution in [2.24, 2.45) is 11.1 Å². The summed E-state index contributed by atoms with van der Waals surface area (Å²) in [4.78, 5) is 10.9. The zero-order valence-corrected chi connectivity index (χ0v) is 11.6. The number of hydrogen-bond donors (Lipinski definition) is 3. The molecule has 94 valence electrons. The summed E-state index contributed by atoms with van der Waals surface area (Å²) in [5.74, 6) is -1.44. The molecule has 17 heavy (non-hydrogen) atoms. The van der Waals surface area contributed by atoms with Crippen molar-refractivity contribution in [1.82, 2.24) is 0 Å². The molecule has 0 radical (unpaired) electrons. The van der Waals surface area contributed by atoms with Crippen LogP contribution in [0.4, 0.5) is 0 Å². The van der Waals surface area contributed by atoms with E-state index < -0.39 is 12.0 Å². The van der Waals surface area contributed by atoms with Crippen LogP contribution in [-0.2, 0) is 0 Å². The van der Waals surface area contributed by atoms with Crippen LogP contribution >= 0.6 is 15.9 Å². The molecule has 0 aliphatic rings. The van der Waals surface area contributed by atoms with Crippen molar-refractivity contribution in [2.75, 3.05) is 0 Å². The molecule has 0 bridgehead atoms. The maximum Gasteiger partial charge on any atom is 0.339 e. The quantitative estimate of drug-likeness (QED) is 0.784. The molecule has 0 fully saturated rings. The van der Waals surface area contributed by atoms with E-state index in [9.17, 15) is 9.90 Å². The summed E-state index contributed by atoms with van der Waals surface area (Å²) in [6.07, 6.45) is 0. The molecule has 1 rings (SSSR count). The van der Waals surface area contributed by atoms with Crippen molar-refractivity contribution in [3.63, 3.8) is 0 Å². The van der Waals surface area contributed by atoms with Gasteiger partial charge in [0.05, 0.1) is 0 Å². The number of nitrogens with two attached hydrogens (primary N) is 1. The van der Waals surface area contributed by atoms with Gasteiger partial charge in [-0.2, -0.15) is 0 Å². The molecule has 0 heterocycles. The first-order chi connectivity index (χ1) is 7.66. The fraction of sp³-hybridized carbons (Fsp3) is 0.417. The van der Waals surface area contributed by atoms with Crippen molar-refractivity contribution >= 4 is 21.9 Å². The molecule has 1 aromatic carbocycles. The Morgan fingerprint density at radius 2 is 1.94 bits per heavy atom. The average molecular weight is 302 g/mol. The van der Waals surface area contributed by atoms with E-state index >= 15 is 0 Å². The van der Waals surface area contributed by atoms with Crippen LogP contribution in [0.2, 0.25) is 0 Å². The van der Waals surface area contributed by atoms with Gasteiger partial charge in [-0.3, -0.25) is 0 Å². The lowest BCUT2D eigenvalue weighted by Gasteiger charge is -2.29. The highest BCUT2D eigenvalue weighted by Crippen LogP contribution is 2.40. The fourth-order valence-electron chi connectivity index (χ4n) is 1.48. The second-order valence-electron chi connectivity index (χ2n) is 5.01. The van der Waals surface area contributed by atoms with Crippen LogP contribution in [0.5, 0.6) is 5.75 Å². The molecule has 0 saturated heterocycles. The van der Waals surface area contributed by atoms with Crippen LogP contribution in [0.3, 0.4) is 0 Å². The third kappa shape index (κ3) is 2.79. The van der Waals surface area contributed by atoms with Crippen LogP contribution < -0.4 is 5.73 Å². The zero-order valence-electron chi connectivity index (χ0n) is 9.99. The minimum Gasteiger partial charge on any atom is -0.507 e. The van der Waals surface area contributed by atoms with E-state index in [4.69, 9.17) is 10.8 Å². The first kappa shape index (κ1) is 14.0. The molecule has 1 aromatic rings. The number of hydrogen-bond acceptors (Lipinski definition) is 3. The molecule has 0 spiro atoms. The van der Waals surface area contributed by atoms with E-state index in [2.05, 4.69) is 15.9 Å². The van der Waals surface area contributed by atoms with E-state index in [0.29, 0.717) is 10.0 Å². The van der Waals surface area contributed by atoms with Gasteiger partial charge < -0.3 is 15.9 Å². The largest absolute Gasteiger partial charge is 0.507 e. The van der Waals surface area contributed by atoms with Crippen LogP contribution in [0.25, 0.3) is 0 Å². The number of aromatic hydroxyl groups is 1. The molecule has 0 unspecified atom stereocenters. The Kier molecular flexibility index (Phi) is 3.84. The Balaban J connectivity index is 3.42. The third-order valence-electron chi connectivity index (χ3n) is 2.64. The molecule has 4 N–H and O–H groups in total. The van der Waals surface area contributed by atoms with Gasteiger partial charge in [0.1, 0.15) is 11.3 Å². The summed E-state index contributed by atoms with van der Waals surface area (Å²) in [7, 11) is 0. The van der Waals surface area contributed by atoms with E-state index in [1.54, 1.807) is 6.07 Å². The number of carboxylic acid groups (broad SMARTS) is 1. The third-order valence-corrected chi connectivity index (χ3v) is 3.33. The van der Waals surface area contributed by atoms with Crippen LogP contribution in [0, 0.1) is 5.41 Å². The summed E-state index contributed by atoms with van der Waals surface area (Å²) in [6.45, 7) is 5.78. The molecule has 0 aromatic heterocycles. The van der Waals surface area contributed by atoms with Crippen LogP contribution in [-0.4, -0.2) is 16.2 Å². The van der Waals surface area contributed by atoms with Gasteiger partial charge in [-0.25, -0.2) is 4.79 Å². The normalized spacial score (nSPS) is 13.5. The second-order valence-corrected chi connectivity index (χ2v) is 5.86. The molecule has 0 aliphatic carbocycles. The number of carboxylic acids is 1. The summed E-state index contributed by atoms with van der Waals surface area (Å²) in [5.41, 5.74) is 6.07. The maximum absolute atomic E-state index is 10.9. The summed E-state index contributed by atoms with van der Waals surface area (Å²) < 4.78 is 0.613. The van der Waals surface area contributed by atoms with Gasteiger partial charge in [-0.1, -0.05) is 36.7 Å². The van der Waals surface area contributed by atoms with Gasteiger partial charge in [0.15, 0.2) is 0 Å². The lowest BCUT2D eigenvalue weighted by Crippen LogP contribution is -2.27. The SMILES string of the molecule is CC(C)(C)[C@@H](N)c1c(Br)ccc(C(=O)O)c1O. The zero-order chi connectivity index (χ0) is 13.4. The maximum atomic E-state index is 10.9. The number of phenols is 1. The van der Waals surface area contributed by atoms with Crippen molar-refractivity contribution < 1.29 is 15.0 Å². The number of aromatic carboxylic acids is 1. The number of halogens is 1. The number of rotatable bonds is 2. The minimum absolute atomic E-state index is 0.136. The second kappa shape index (κ2) is 4.66. The van der Waals surface area contributed by atoms with Crippen molar-refractivity contribution in [3.8, 4) is 5.75 Å². The van der Waals surface area contributed by atoms with Crippen molar-refractivity contribution in [2.45, 2.75) is 26.8 Å². The predicted molar refractivity (Wildman–Crippen MR) is 69.1 cm³/mol. The Morgan fingerprint density at radius 3 is 2.35 bits per heavy atom. The van der Waals surface area contributed by atoms with E-state index in [1.807, 2.05) is 20.8 Å². The Labute approximate surface area is 109 Å². The summed E-state index contributed by atoms with van der Waals surface area (Å²) >= 11 is 3.29. The number of carbonyl (C=O) groups is 1. The van der Waals surface area contributed by atoms with Crippen LogP contribution in [0.1, 0.15) is 42.7 Å². The molecule has 0 saturated carbocycles. The van der Waals surface area contributed by atoms with Crippen LogP contribution in [0.15, 0.2) is 16.6 Å². The highest BCUT2D eigenvalue weighted by Gasteiger charge is 2.28. The molecule has 4 nitrogen and oxygen atoms in total. The summed E-state index contributed by atoms with van der Waals surface area (Å²) in [5, 5.41) is 18.9. The summed E-state index contributed by atoms with van der Waals surface area (Å²) in [6, 6.07) is 2.47. The monoisotopic (exact) mass is 301 g/mol. The van der Waals surface area contributed by atoms with Crippen molar-refractivity contribution in [3.05, 3.63) is 27.7 Å². The number of benzene rings is 1.